The Bertz CT molecular complexity index is 522. The number of hydrogen-bond acceptors (Lipinski definition) is 6. The first kappa shape index (κ1) is 14.8. The Kier molecular flexibility index (Phi) is 5.63. The number of aliphatic hydroxyl groups excluding tert-OH is 1. The fourth-order valence-corrected chi connectivity index (χ4v) is 1.51. The van der Waals surface area contributed by atoms with Gasteiger partial charge in [-0.15, -0.1) is 0 Å². The second kappa shape index (κ2) is 7.23. The molecule has 0 spiro atoms. The van der Waals surface area contributed by atoms with Crippen LogP contribution in [0.15, 0.2) is 30.2 Å². The van der Waals surface area contributed by atoms with Gasteiger partial charge < -0.3 is 9.84 Å². The number of non-ortho nitro benzene ring substituents is 1. The zero-order valence-corrected chi connectivity index (χ0v) is 11.0. The summed E-state index contributed by atoms with van der Waals surface area (Å²) in [5.74, 6) is 0.147. The summed E-state index contributed by atoms with van der Waals surface area (Å²) in [5, 5.41) is 29.0. The topological polar surface area (TPSA) is 101 Å². The summed E-state index contributed by atoms with van der Waals surface area (Å²) >= 11 is 1.54. The van der Waals surface area contributed by atoms with Gasteiger partial charge in [0.2, 0.25) is 5.39 Å². The van der Waals surface area contributed by atoms with Gasteiger partial charge in [0.1, 0.15) is 6.61 Å². The van der Waals surface area contributed by atoms with Crippen molar-refractivity contribution in [3.05, 3.63) is 50.9 Å². The number of hydrogen-bond donors (Lipinski definition) is 1. The Morgan fingerprint density at radius 1 is 1.53 bits per heavy atom. The predicted molar refractivity (Wildman–Crippen MR) is 72.1 cm³/mol. The quantitative estimate of drug-likeness (QED) is 0.283. The third-order valence-corrected chi connectivity index (χ3v) is 2.76. The summed E-state index contributed by atoms with van der Waals surface area (Å²) < 4.78 is 4.99. The second-order valence-corrected chi connectivity index (χ2v) is 4.38. The lowest BCUT2D eigenvalue weighted by Gasteiger charge is -2.00. The van der Waals surface area contributed by atoms with Crippen molar-refractivity contribution in [2.75, 3.05) is 18.6 Å². The van der Waals surface area contributed by atoms with Crippen molar-refractivity contribution in [3.63, 3.8) is 0 Å². The monoisotopic (exact) mass is 282 g/mol. The SMILES string of the molecule is CSCCO/C(O)=C(\[N+]#N)c1ccc([N+](=O)[O-])cc1. The van der Waals surface area contributed by atoms with Crippen LogP contribution in [0.25, 0.3) is 10.7 Å². The summed E-state index contributed by atoms with van der Waals surface area (Å²) in [6.45, 7) is 0.263. The highest BCUT2D eigenvalue weighted by Crippen LogP contribution is 2.22. The molecule has 0 aliphatic carbocycles. The second-order valence-electron chi connectivity index (χ2n) is 3.40. The maximum atomic E-state index is 10.5. The van der Waals surface area contributed by atoms with Crippen LogP contribution in [0.1, 0.15) is 5.56 Å². The normalized spacial score (nSPS) is 11.4. The van der Waals surface area contributed by atoms with Crippen LogP contribution < -0.4 is 0 Å². The molecule has 19 heavy (non-hydrogen) atoms. The average Bonchev–Trinajstić information content (AvgIpc) is 2.40. The maximum absolute atomic E-state index is 10.5. The number of nitrogens with zero attached hydrogens (tertiary/aromatic N) is 3. The highest BCUT2D eigenvalue weighted by Gasteiger charge is 2.24. The van der Waals surface area contributed by atoms with Gasteiger partial charge in [-0.2, -0.15) is 11.8 Å². The first-order valence-corrected chi connectivity index (χ1v) is 6.64. The number of thioether (sulfide) groups is 1. The molecule has 0 aliphatic rings. The molecule has 0 amide bonds. The molecule has 0 aliphatic heterocycles. The number of diazo groups is 1. The number of benzene rings is 1. The van der Waals surface area contributed by atoms with E-state index in [0.717, 1.165) is 0 Å². The molecule has 0 saturated heterocycles. The van der Waals surface area contributed by atoms with Crippen LogP contribution in [0, 0.1) is 15.5 Å². The minimum atomic E-state index is -0.544. The minimum absolute atomic E-state index is 0.0937. The molecule has 8 heteroatoms. The van der Waals surface area contributed by atoms with Gasteiger partial charge in [0.05, 0.1) is 10.5 Å². The van der Waals surface area contributed by atoms with Crippen LogP contribution in [-0.2, 0) is 4.74 Å². The van der Waals surface area contributed by atoms with Crippen LogP contribution in [0.5, 0.6) is 0 Å². The van der Waals surface area contributed by atoms with Gasteiger partial charge in [0.25, 0.3) is 5.69 Å². The summed E-state index contributed by atoms with van der Waals surface area (Å²) in [4.78, 5) is 12.9. The predicted octanol–water partition coefficient (Wildman–Crippen LogP) is 3.01. The molecule has 0 heterocycles. The summed E-state index contributed by atoms with van der Waals surface area (Å²) in [6, 6.07) is 5.22. The van der Waals surface area contributed by atoms with Gasteiger partial charge in [-0.25, -0.2) is 0 Å². The van der Waals surface area contributed by atoms with Crippen LogP contribution in [-0.4, -0.2) is 28.6 Å². The maximum Gasteiger partial charge on any atom is 0.471 e. The van der Waals surface area contributed by atoms with E-state index in [2.05, 4.69) is 4.98 Å². The summed E-state index contributed by atoms with van der Waals surface area (Å²) in [6.07, 6.45) is 1.89. The Balaban J connectivity index is 2.93. The molecule has 1 aromatic rings. The lowest BCUT2D eigenvalue weighted by atomic mass is 10.1. The largest absolute Gasteiger partial charge is 0.475 e. The van der Waals surface area contributed by atoms with Gasteiger partial charge in [-0.05, 0) is 18.4 Å². The summed E-state index contributed by atoms with van der Waals surface area (Å²) in [5.41, 5.74) is 0.0505. The lowest BCUT2D eigenvalue weighted by molar-refractivity contribution is -0.384. The third-order valence-electron chi connectivity index (χ3n) is 2.18. The molecule has 7 nitrogen and oxygen atoms in total. The van der Waals surface area contributed by atoms with Crippen molar-refractivity contribution in [2.45, 2.75) is 0 Å². The molecule has 0 fully saturated rings. The first-order chi connectivity index (χ1) is 9.10. The minimum Gasteiger partial charge on any atom is -0.475 e. The van der Waals surface area contributed by atoms with Crippen LogP contribution in [0.4, 0.5) is 5.69 Å². The Hall–Kier alpha value is -2.27. The van der Waals surface area contributed by atoms with E-state index in [-0.39, 0.29) is 18.0 Å². The summed E-state index contributed by atoms with van der Waals surface area (Å²) in [7, 11) is 0. The molecular weight excluding hydrogens is 270 g/mol. The highest BCUT2D eigenvalue weighted by molar-refractivity contribution is 7.98. The van der Waals surface area contributed by atoms with E-state index < -0.39 is 10.9 Å². The molecule has 0 saturated carbocycles. The molecule has 1 aromatic carbocycles. The zero-order chi connectivity index (χ0) is 14.3. The van der Waals surface area contributed by atoms with Gasteiger partial charge >= 0.3 is 11.6 Å². The highest BCUT2D eigenvalue weighted by atomic mass is 32.2. The molecule has 100 valence electrons. The fourth-order valence-electron chi connectivity index (χ4n) is 1.26. The van der Waals surface area contributed by atoms with Crippen molar-refractivity contribution in [1.29, 1.82) is 5.39 Å². The van der Waals surface area contributed by atoms with Crippen LogP contribution >= 0.6 is 11.8 Å². The molecular formula is C11H12N3O4S+. The smallest absolute Gasteiger partial charge is 0.471 e. The van der Waals surface area contributed by atoms with Gasteiger partial charge in [0, 0.05) is 17.9 Å². The van der Waals surface area contributed by atoms with E-state index in [0.29, 0.717) is 11.3 Å². The fraction of sp³-hybridized carbons (Fsp3) is 0.273. The van der Waals surface area contributed by atoms with Crippen molar-refractivity contribution in [1.82, 2.24) is 0 Å². The van der Waals surface area contributed by atoms with Crippen molar-refractivity contribution >= 4 is 23.1 Å². The van der Waals surface area contributed by atoms with E-state index in [4.69, 9.17) is 10.1 Å². The van der Waals surface area contributed by atoms with Gasteiger partial charge in [-0.3, -0.25) is 10.1 Å². The number of ether oxygens (including phenoxy) is 1. The molecule has 1 N–H and O–H groups in total. The van der Waals surface area contributed by atoms with Crippen LogP contribution in [0.3, 0.4) is 0 Å². The van der Waals surface area contributed by atoms with E-state index in [1.807, 2.05) is 6.26 Å². The average molecular weight is 282 g/mol. The Morgan fingerprint density at radius 2 is 2.16 bits per heavy atom. The van der Waals surface area contributed by atoms with Crippen molar-refractivity contribution < 1.29 is 14.8 Å². The molecule has 0 atom stereocenters. The standard InChI is InChI=1S/C11H11N3O4S/c1-19-7-6-18-11(15)10(13-12)8-2-4-9(5-3-8)14(16)17/h2-5H,6-7H2,1H3/p+1/b11-10-. The molecule has 1 rings (SSSR count). The van der Waals surface area contributed by atoms with E-state index >= 15 is 0 Å². The molecule has 0 radical (unpaired) electrons. The van der Waals surface area contributed by atoms with E-state index in [1.54, 1.807) is 0 Å². The zero-order valence-electron chi connectivity index (χ0n) is 10.1. The van der Waals surface area contributed by atoms with Crippen molar-refractivity contribution in [3.8, 4) is 0 Å². The van der Waals surface area contributed by atoms with Crippen molar-refractivity contribution in [2.24, 2.45) is 0 Å². The molecule has 0 bridgehead atoms. The third kappa shape index (κ3) is 4.15. The number of nitro groups is 1. The Labute approximate surface area is 113 Å². The first-order valence-electron chi connectivity index (χ1n) is 5.25. The number of nitro benzene ring substituents is 1. The molecule has 0 unspecified atom stereocenters. The van der Waals surface area contributed by atoms with E-state index in [1.165, 1.54) is 36.0 Å². The Morgan fingerprint density at radius 3 is 2.63 bits per heavy atom. The van der Waals surface area contributed by atoms with Crippen LogP contribution in [0.2, 0.25) is 0 Å². The van der Waals surface area contributed by atoms with Gasteiger partial charge in [0.15, 0.2) is 4.98 Å². The lowest BCUT2D eigenvalue weighted by Crippen LogP contribution is -1.99. The molecule has 0 aromatic heterocycles. The van der Waals surface area contributed by atoms with Gasteiger partial charge in [-0.1, -0.05) is 0 Å². The number of rotatable bonds is 6. The van der Waals surface area contributed by atoms with E-state index in [9.17, 15) is 15.2 Å². The number of aliphatic hydroxyl groups is 1.